The van der Waals surface area contributed by atoms with Crippen LogP contribution in [0.25, 0.3) is 0 Å². The maximum Gasteiger partial charge on any atom is 0.0424 e. The minimum atomic E-state index is -0.762. The first-order valence-electron chi connectivity index (χ1n) is 4.98. The number of halogens is 2. The molecule has 2 unspecified atom stereocenters. The maximum atomic E-state index is 10.9. The van der Waals surface area contributed by atoms with Gasteiger partial charge in [-0.3, -0.25) is 4.21 Å². The lowest BCUT2D eigenvalue weighted by molar-refractivity contribution is 0.597. The van der Waals surface area contributed by atoms with Crippen molar-refractivity contribution in [2.75, 3.05) is 18.6 Å². The van der Waals surface area contributed by atoms with Gasteiger partial charge < -0.3 is 5.32 Å². The van der Waals surface area contributed by atoms with E-state index < -0.39 is 10.8 Å². The second-order valence-electron chi connectivity index (χ2n) is 3.66. The van der Waals surface area contributed by atoms with Crippen LogP contribution in [0.15, 0.2) is 18.2 Å². The first kappa shape index (κ1) is 14.0. The van der Waals surface area contributed by atoms with Crippen LogP contribution in [0.4, 0.5) is 0 Å². The molecular formula is C11H15Cl2NOS. The van der Waals surface area contributed by atoms with Gasteiger partial charge in [0.15, 0.2) is 0 Å². The topological polar surface area (TPSA) is 29.1 Å². The molecule has 2 atom stereocenters. The van der Waals surface area contributed by atoms with Gasteiger partial charge in [0.2, 0.25) is 0 Å². The van der Waals surface area contributed by atoms with Gasteiger partial charge in [-0.2, -0.15) is 0 Å². The predicted molar refractivity (Wildman–Crippen MR) is 71.8 cm³/mol. The highest BCUT2D eigenvalue weighted by atomic mass is 35.5. The highest BCUT2D eigenvalue weighted by Crippen LogP contribution is 2.23. The summed E-state index contributed by atoms with van der Waals surface area (Å²) in [5.41, 5.74) is 1.04. The minimum absolute atomic E-state index is 0.153. The van der Waals surface area contributed by atoms with Gasteiger partial charge in [0, 0.05) is 45.4 Å². The van der Waals surface area contributed by atoms with Crippen LogP contribution in [-0.4, -0.2) is 22.8 Å². The lowest BCUT2D eigenvalue weighted by Gasteiger charge is -2.14. The molecule has 5 heteroatoms. The summed E-state index contributed by atoms with van der Waals surface area (Å²) >= 11 is 11.8. The van der Waals surface area contributed by atoms with Crippen molar-refractivity contribution in [2.24, 2.45) is 0 Å². The monoisotopic (exact) mass is 279 g/mol. The first-order chi connectivity index (χ1) is 7.49. The Balaban J connectivity index is 2.58. The molecule has 1 aromatic carbocycles. The van der Waals surface area contributed by atoms with Gasteiger partial charge in [0.05, 0.1) is 0 Å². The zero-order chi connectivity index (χ0) is 12.1. The average molecular weight is 280 g/mol. The third-order valence-electron chi connectivity index (χ3n) is 2.22. The largest absolute Gasteiger partial charge is 0.309 e. The molecule has 16 heavy (non-hydrogen) atoms. The molecule has 0 aliphatic heterocycles. The molecule has 0 amide bonds. The van der Waals surface area contributed by atoms with Crippen LogP contribution in [0, 0.1) is 0 Å². The average Bonchev–Trinajstić information content (AvgIpc) is 2.15. The Kier molecular flexibility index (Phi) is 5.76. The molecule has 0 aliphatic rings. The third-order valence-corrected chi connectivity index (χ3v) is 3.44. The van der Waals surface area contributed by atoms with E-state index in [0.717, 1.165) is 5.56 Å². The summed E-state index contributed by atoms with van der Waals surface area (Å²) in [5, 5.41) is 4.54. The first-order valence-corrected chi connectivity index (χ1v) is 7.46. The molecule has 0 saturated heterocycles. The van der Waals surface area contributed by atoms with Gasteiger partial charge in [-0.15, -0.1) is 0 Å². The van der Waals surface area contributed by atoms with Crippen LogP contribution in [0.2, 0.25) is 10.0 Å². The van der Waals surface area contributed by atoms with E-state index in [0.29, 0.717) is 22.3 Å². The smallest absolute Gasteiger partial charge is 0.0424 e. The van der Waals surface area contributed by atoms with Gasteiger partial charge in [-0.25, -0.2) is 0 Å². The zero-order valence-corrected chi connectivity index (χ0v) is 11.6. The summed E-state index contributed by atoms with van der Waals surface area (Å²) in [6, 6.07) is 5.63. The molecule has 0 bridgehead atoms. The molecular weight excluding hydrogens is 265 g/mol. The van der Waals surface area contributed by atoms with E-state index in [1.165, 1.54) is 0 Å². The summed E-state index contributed by atoms with van der Waals surface area (Å²) < 4.78 is 10.9. The van der Waals surface area contributed by atoms with E-state index in [2.05, 4.69) is 5.32 Å². The van der Waals surface area contributed by atoms with Crippen molar-refractivity contribution >= 4 is 34.0 Å². The minimum Gasteiger partial charge on any atom is -0.309 e. The Bertz CT molecular complexity index is 364. The normalized spacial score (nSPS) is 14.8. The van der Waals surface area contributed by atoms with Crippen LogP contribution in [0.3, 0.4) is 0 Å². The van der Waals surface area contributed by atoms with Gasteiger partial charge >= 0.3 is 0 Å². The van der Waals surface area contributed by atoms with Crippen molar-refractivity contribution in [1.82, 2.24) is 5.32 Å². The van der Waals surface area contributed by atoms with Crippen molar-refractivity contribution < 1.29 is 4.21 Å². The SMILES string of the molecule is CC(NCCS(C)=O)c1cc(Cl)cc(Cl)c1. The second-order valence-corrected chi connectivity index (χ2v) is 6.08. The summed E-state index contributed by atoms with van der Waals surface area (Å²) in [4.78, 5) is 0. The van der Waals surface area contributed by atoms with Crippen LogP contribution in [0.1, 0.15) is 18.5 Å². The van der Waals surface area contributed by atoms with E-state index in [9.17, 15) is 4.21 Å². The van der Waals surface area contributed by atoms with E-state index in [1.807, 2.05) is 19.1 Å². The standard InChI is InChI=1S/C11H15Cl2NOS/c1-8(14-3-4-16(2)15)9-5-10(12)7-11(13)6-9/h5-8,14H,3-4H2,1-2H3. The highest BCUT2D eigenvalue weighted by Gasteiger charge is 2.06. The summed E-state index contributed by atoms with van der Waals surface area (Å²) in [7, 11) is -0.762. The van der Waals surface area contributed by atoms with Crippen LogP contribution < -0.4 is 5.32 Å². The molecule has 1 aromatic rings. The number of nitrogens with one attached hydrogen (secondary N) is 1. The molecule has 1 rings (SSSR count). The van der Waals surface area contributed by atoms with E-state index in [-0.39, 0.29) is 6.04 Å². The number of hydrogen-bond acceptors (Lipinski definition) is 2. The lowest BCUT2D eigenvalue weighted by atomic mass is 10.1. The highest BCUT2D eigenvalue weighted by molar-refractivity contribution is 7.84. The summed E-state index contributed by atoms with van der Waals surface area (Å²) in [5.74, 6) is 0.651. The van der Waals surface area contributed by atoms with Crippen molar-refractivity contribution in [2.45, 2.75) is 13.0 Å². The zero-order valence-electron chi connectivity index (χ0n) is 9.30. The fourth-order valence-electron chi connectivity index (χ4n) is 1.36. The molecule has 1 N–H and O–H groups in total. The Labute approximate surface area is 109 Å². The second kappa shape index (κ2) is 6.60. The van der Waals surface area contributed by atoms with Crippen molar-refractivity contribution in [3.63, 3.8) is 0 Å². The van der Waals surface area contributed by atoms with Crippen molar-refractivity contribution in [3.8, 4) is 0 Å². The van der Waals surface area contributed by atoms with Gasteiger partial charge in [-0.1, -0.05) is 23.2 Å². The van der Waals surface area contributed by atoms with E-state index in [4.69, 9.17) is 23.2 Å². The Morgan fingerprint density at radius 1 is 1.31 bits per heavy atom. The van der Waals surface area contributed by atoms with E-state index >= 15 is 0 Å². The predicted octanol–water partition coefficient (Wildman–Crippen LogP) is 3.02. The van der Waals surface area contributed by atoms with Crippen LogP contribution in [-0.2, 0) is 10.8 Å². The molecule has 90 valence electrons. The molecule has 0 aromatic heterocycles. The molecule has 0 saturated carbocycles. The van der Waals surface area contributed by atoms with Crippen LogP contribution in [0.5, 0.6) is 0 Å². The molecule has 0 aliphatic carbocycles. The molecule has 0 spiro atoms. The van der Waals surface area contributed by atoms with E-state index in [1.54, 1.807) is 12.3 Å². The molecule has 2 nitrogen and oxygen atoms in total. The molecule has 0 fully saturated rings. The van der Waals surface area contributed by atoms with Gasteiger partial charge in [0.25, 0.3) is 0 Å². The van der Waals surface area contributed by atoms with Gasteiger partial charge in [-0.05, 0) is 30.7 Å². The number of rotatable bonds is 5. The summed E-state index contributed by atoms with van der Waals surface area (Å²) in [6.07, 6.45) is 1.70. The molecule has 0 heterocycles. The third kappa shape index (κ3) is 4.83. The van der Waals surface area contributed by atoms with Crippen LogP contribution >= 0.6 is 23.2 Å². The fraction of sp³-hybridized carbons (Fsp3) is 0.455. The van der Waals surface area contributed by atoms with Crippen molar-refractivity contribution in [3.05, 3.63) is 33.8 Å². The molecule has 0 radical (unpaired) electrons. The fourth-order valence-corrected chi connectivity index (χ4v) is 2.31. The quantitative estimate of drug-likeness (QED) is 0.898. The number of benzene rings is 1. The maximum absolute atomic E-state index is 10.9. The Morgan fingerprint density at radius 2 is 1.88 bits per heavy atom. The Morgan fingerprint density at radius 3 is 2.38 bits per heavy atom. The lowest BCUT2D eigenvalue weighted by Crippen LogP contribution is -2.23. The Hall–Kier alpha value is -0.0900. The van der Waals surface area contributed by atoms with Crippen molar-refractivity contribution in [1.29, 1.82) is 0 Å². The summed E-state index contributed by atoms with van der Waals surface area (Å²) in [6.45, 7) is 2.75. The van der Waals surface area contributed by atoms with Gasteiger partial charge in [0.1, 0.15) is 0 Å². The number of hydrogen-bond donors (Lipinski definition) is 1.